The molecular weight excluding hydrogens is 348 g/mol. The van der Waals surface area contributed by atoms with Crippen LogP contribution < -0.4 is 10.1 Å². The minimum atomic E-state index is -0.0613. The van der Waals surface area contributed by atoms with Crippen LogP contribution >= 0.6 is 0 Å². The Morgan fingerprint density at radius 2 is 1.71 bits per heavy atom. The average molecular weight is 374 g/mol. The number of nitrogens with zero attached hydrogens (tertiary/aromatic N) is 1. The SMILES string of the molecule is Cc1ccc(-c2ccncc2)cc1NC(=O)CCOc1ccc(C(C)C)cc1. The number of pyridine rings is 1. The quantitative estimate of drug-likeness (QED) is 0.587. The summed E-state index contributed by atoms with van der Waals surface area (Å²) < 4.78 is 5.70. The Labute approximate surface area is 166 Å². The molecule has 4 nitrogen and oxygen atoms in total. The largest absolute Gasteiger partial charge is 0.493 e. The zero-order valence-electron chi connectivity index (χ0n) is 16.6. The molecule has 2 aromatic carbocycles. The van der Waals surface area contributed by atoms with Gasteiger partial charge >= 0.3 is 0 Å². The van der Waals surface area contributed by atoms with Gasteiger partial charge in [-0.2, -0.15) is 0 Å². The predicted molar refractivity (Wildman–Crippen MR) is 114 cm³/mol. The lowest BCUT2D eigenvalue weighted by Gasteiger charge is -2.12. The van der Waals surface area contributed by atoms with E-state index in [9.17, 15) is 4.79 Å². The third kappa shape index (κ3) is 5.19. The third-order valence-corrected chi connectivity index (χ3v) is 4.67. The molecule has 1 heterocycles. The molecule has 0 aliphatic rings. The standard InChI is InChI=1S/C24H26N2O2/c1-17(2)19-6-8-22(9-7-19)28-15-12-24(27)26-23-16-21(5-4-18(23)3)20-10-13-25-14-11-20/h4-11,13-14,16-17H,12,15H2,1-3H3,(H,26,27). The Morgan fingerprint density at radius 1 is 1.00 bits per heavy atom. The van der Waals surface area contributed by atoms with Crippen molar-refractivity contribution in [2.45, 2.75) is 33.1 Å². The Balaban J connectivity index is 1.56. The van der Waals surface area contributed by atoms with Gasteiger partial charge in [0.05, 0.1) is 13.0 Å². The number of benzene rings is 2. The van der Waals surface area contributed by atoms with Crippen molar-refractivity contribution in [2.24, 2.45) is 0 Å². The summed E-state index contributed by atoms with van der Waals surface area (Å²) in [5.74, 6) is 1.22. The summed E-state index contributed by atoms with van der Waals surface area (Å²) in [5.41, 5.74) is 5.23. The van der Waals surface area contributed by atoms with E-state index in [1.165, 1.54) is 5.56 Å². The third-order valence-electron chi connectivity index (χ3n) is 4.67. The highest BCUT2D eigenvalue weighted by atomic mass is 16.5. The summed E-state index contributed by atoms with van der Waals surface area (Å²) in [5, 5.41) is 3.00. The van der Waals surface area contributed by atoms with Gasteiger partial charge in [-0.05, 0) is 65.4 Å². The van der Waals surface area contributed by atoms with Crippen molar-refractivity contribution in [1.82, 2.24) is 4.98 Å². The number of aromatic nitrogens is 1. The number of rotatable bonds is 7. The number of carbonyl (C=O) groups excluding carboxylic acids is 1. The van der Waals surface area contributed by atoms with Crippen LogP contribution in [-0.4, -0.2) is 17.5 Å². The maximum Gasteiger partial charge on any atom is 0.227 e. The summed E-state index contributed by atoms with van der Waals surface area (Å²) in [6, 6.07) is 18.0. The maximum absolute atomic E-state index is 12.3. The summed E-state index contributed by atoms with van der Waals surface area (Å²) in [6.45, 7) is 6.65. The molecule has 0 aliphatic heterocycles. The molecule has 1 aromatic heterocycles. The van der Waals surface area contributed by atoms with Crippen LogP contribution in [0.25, 0.3) is 11.1 Å². The topological polar surface area (TPSA) is 51.2 Å². The number of amides is 1. The molecule has 0 fully saturated rings. The number of carbonyl (C=O) groups is 1. The summed E-state index contributed by atoms with van der Waals surface area (Å²) in [7, 11) is 0. The molecule has 0 unspecified atom stereocenters. The number of nitrogens with one attached hydrogen (secondary N) is 1. The average Bonchev–Trinajstić information content (AvgIpc) is 2.71. The lowest BCUT2D eigenvalue weighted by molar-refractivity contribution is -0.116. The fourth-order valence-electron chi connectivity index (χ4n) is 2.90. The smallest absolute Gasteiger partial charge is 0.227 e. The highest BCUT2D eigenvalue weighted by molar-refractivity contribution is 5.92. The van der Waals surface area contributed by atoms with Crippen molar-refractivity contribution in [3.05, 3.63) is 78.1 Å². The monoisotopic (exact) mass is 374 g/mol. The Bertz CT molecular complexity index is 919. The molecular formula is C24H26N2O2. The van der Waals surface area contributed by atoms with Gasteiger partial charge in [-0.25, -0.2) is 0 Å². The molecule has 0 saturated heterocycles. The molecule has 0 aliphatic carbocycles. The molecule has 0 atom stereocenters. The molecule has 1 N–H and O–H groups in total. The Hall–Kier alpha value is -3.14. The minimum Gasteiger partial charge on any atom is -0.493 e. The zero-order chi connectivity index (χ0) is 19.9. The van der Waals surface area contributed by atoms with E-state index in [1.807, 2.05) is 49.4 Å². The lowest BCUT2D eigenvalue weighted by Crippen LogP contribution is -2.16. The summed E-state index contributed by atoms with van der Waals surface area (Å²) in [4.78, 5) is 16.4. The van der Waals surface area contributed by atoms with Crippen LogP contribution in [0.5, 0.6) is 5.75 Å². The predicted octanol–water partition coefficient (Wildman–Crippen LogP) is 5.59. The van der Waals surface area contributed by atoms with E-state index in [2.05, 4.69) is 36.3 Å². The Morgan fingerprint density at radius 3 is 2.39 bits per heavy atom. The minimum absolute atomic E-state index is 0.0613. The maximum atomic E-state index is 12.3. The normalized spacial score (nSPS) is 10.7. The van der Waals surface area contributed by atoms with Crippen molar-refractivity contribution in [3.8, 4) is 16.9 Å². The van der Waals surface area contributed by atoms with E-state index < -0.39 is 0 Å². The van der Waals surface area contributed by atoms with Crippen molar-refractivity contribution < 1.29 is 9.53 Å². The van der Waals surface area contributed by atoms with Gasteiger partial charge in [0.2, 0.25) is 5.91 Å². The number of hydrogen-bond acceptors (Lipinski definition) is 3. The van der Waals surface area contributed by atoms with Crippen LogP contribution in [0.2, 0.25) is 0 Å². The number of aryl methyl sites for hydroxylation is 1. The van der Waals surface area contributed by atoms with E-state index in [0.29, 0.717) is 18.9 Å². The first-order chi connectivity index (χ1) is 13.5. The second kappa shape index (κ2) is 9.18. The number of hydrogen-bond donors (Lipinski definition) is 1. The van der Waals surface area contributed by atoms with E-state index >= 15 is 0 Å². The van der Waals surface area contributed by atoms with Gasteiger partial charge in [-0.1, -0.05) is 38.1 Å². The highest BCUT2D eigenvalue weighted by Crippen LogP contribution is 2.25. The molecule has 3 rings (SSSR count). The Kier molecular flexibility index (Phi) is 6.43. The summed E-state index contributed by atoms with van der Waals surface area (Å²) >= 11 is 0. The van der Waals surface area contributed by atoms with Crippen LogP contribution in [0.1, 0.15) is 37.3 Å². The van der Waals surface area contributed by atoms with Gasteiger partial charge in [0.15, 0.2) is 0 Å². The van der Waals surface area contributed by atoms with E-state index in [1.54, 1.807) is 12.4 Å². The molecule has 0 saturated carbocycles. The van der Waals surface area contributed by atoms with Gasteiger partial charge in [-0.15, -0.1) is 0 Å². The zero-order valence-corrected chi connectivity index (χ0v) is 16.6. The van der Waals surface area contributed by atoms with Crippen molar-refractivity contribution in [3.63, 3.8) is 0 Å². The van der Waals surface area contributed by atoms with Crippen molar-refractivity contribution in [2.75, 3.05) is 11.9 Å². The first-order valence-electron chi connectivity index (χ1n) is 9.56. The van der Waals surface area contributed by atoms with Crippen LogP contribution in [0.3, 0.4) is 0 Å². The number of anilines is 1. The van der Waals surface area contributed by atoms with E-state index in [0.717, 1.165) is 28.1 Å². The summed E-state index contributed by atoms with van der Waals surface area (Å²) in [6.07, 6.45) is 3.82. The van der Waals surface area contributed by atoms with Gasteiger partial charge in [-0.3, -0.25) is 9.78 Å². The molecule has 1 amide bonds. The van der Waals surface area contributed by atoms with Crippen molar-refractivity contribution >= 4 is 11.6 Å². The molecule has 3 aromatic rings. The second-order valence-electron chi connectivity index (χ2n) is 7.14. The highest BCUT2D eigenvalue weighted by Gasteiger charge is 2.08. The fourth-order valence-corrected chi connectivity index (χ4v) is 2.90. The molecule has 0 spiro atoms. The first-order valence-corrected chi connectivity index (χ1v) is 9.56. The van der Waals surface area contributed by atoms with Gasteiger partial charge in [0.25, 0.3) is 0 Å². The fraction of sp³-hybridized carbons (Fsp3) is 0.250. The van der Waals surface area contributed by atoms with Crippen molar-refractivity contribution in [1.29, 1.82) is 0 Å². The van der Waals surface area contributed by atoms with Crippen LogP contribution in [0.15, 0.2) is 67.0 Å². The van der Waals surface area contributed by atoms with Gasteiger partial charge in [0.1, 0.15) is 5.75 Å². The molecule has 28 heavy (non-hydrogen) atoms. The molecule has 144 valence electrons. The van der Waals surface area contributed by atoms with Crippen LogP contribution in [0.4, 0.5) is 5.69 Å². The molecule has 4 heteroatoms. The second-order valence-corrected chi connectivity index (χ2v) is 7.14. The van der Waals surface area contributed by atoms with E-state index in [4.69, 9.17) is 4.74 Å². The molecule has 0 bridgehead atoms. The van der Waals surface area contributed by atoms with E-state index in [-0.39, 0.29) is 5.91 Å². The number of ether oxygens (including phenoxy) is 1. The van der Waals surface area contributed by atoms with Crippen LogP contribution in [0, 0.1) is 6.92 Å². The van der Waals surface area contributed by atoms with Gasteiger partial charge in [0, 0.05) is 18.1 Å². The van der Waals surface area contributed by atoms with Crippen LogP contribution in [-0.2, 0) is 4.79 Å². The lowest BCUT2D eigenvalue weighted by atomic mass is 10.0. The van der Waals surface area contributed by atoms with Gasteiger partial charge < -0.3 is 10.1 Å². The first kappa shape index (κ1) is 19.6. The molecule has 0 radical (unpaired) electrons.